The molecule has 0 aliphatic carbocycles. The Kier molecular flexibility index (Phi) is 10.6. The number of piperidine rings is 1. The van der Waals surface area contributed by atoms with E-state index in [9.17, 15) is 19.5 Å². The summed E-state index contributed by atoms with van der Waals surface area (Å²) in [4.78, 5) is 43.3. The first-order valence-electron chi connectivity index (χ1n) is 14.1. The molecule has 9 nitrogen and oxygen atoms in total. The summed E-state index contributed by atoms with van der Waals surface area (Å²) in [7, 11) is 0. The van der Waals surface area contributed by atoms with E-state index in [0.717, 1.165) is 29.5 Å². The van der Waals surface area contributed by atoms with Gasteiger partial charge in [-0.15, -0.1) is 0 Å². The highest BCUT2D eigenvalue weighted by Gasteiger charge is 2.33. The standard InChI is InChI=1S/C30H40ClN5O4/c1-20-16-23(10-11-25(20)31)33-29(39)26(12-13-32)34-30(40)27-17-21-6-2-3-7-22(21)18-35(27)14-5-9-28(38)36-15-4-8-24(37)19-36/h2-3,6-7,10-11,16,24,26-27,37H,4-5,8-9,12-15,17-19,32H2,1H3,(H,33,39)(H,34,40)/t24?,26-,27-/m0/s1. The van der Waals surface area contributed by atoms with Crippen molar-refractivity contribution >= 4 is 35.0 Å². The smallest absolute Gasteiger partial charge is 0.246 e. The fraction of sp³-hybridized carbons (Fsp3) is 0.500. The second-order valence-electron chi connectivity index (χ2n) is 10.8. The molecule has 0 radical (unpaired) electrons. The molecular formula is C30H40ClN5O4. The molecule has 0 aromatic heterocycles. The Morgan fingerprint density at radius 1 is 1.18 bits per heavy atom. The van der Waals surface area contributed by atoms with E-state index in [1.807, 2.05) is 25.1 Å². The van der Waals surface area contributed by atoms with Crippen LogP contribution in [0.25, 0.3) is 0 Å². The Balaban J connectivity index is 1.41. The maximum Gasteiger partial charge on any atom is 0.246 e. The van der Waals surface area contributed by atoms with Gasteiger partial charge in [-0.25, -0.2) is 0 Å². The number of benzene rings is 2. The van der Waals surface area contributed by atoms with Crippen molar-refractivity contribution in [1.82, 2.24) is 15.1 Å². The summed E-state index contributed by atoms with van der Waals surface area (Å²) in [6.07, 6.45) is 2.86. The van der Waals surface area contributed by atoms with Gasteiger partial charge >= 0.3 is 0 Å². The number of aliphatic hydroxyl groups is 1. The fourth-order valence-corrected chi connectivity index (χ4v) is 5.62. The summed E-state index contributed by atoms with van der Waals surface area (Å²) in [5.41, 5.74) is 9.50. The maximum absolute atomic E-state index is 13.6. The van der Waals surface area contributed by atoms with Gasteiger partial charge in [0.1, 0.15) is 6.04 Å². The number of anilines is 1. The van der Waals surface area contributed by atoms with Gasteiger partial charge in [0.25, 0.3) is 0 Å². The number of fused-ring (bicyclic) bond motifs is 1. The van der Waals surface area contributed by atoms with Crippen LogP contribution in [0.3, 0.4) is 0 Å². The number of hydrogen-bond acceptors (Lipinski definition) is 6. The molecule has 1 saturated heterocycles. The number of carbonyl (C=O) groups excluding carboxylic acids is 3. The molecule has 2 aromatic carbocycles. The molecule has 2 aromatic rings. The first kappa shape index (κ1) is 30.0. The van der Waals surface area contributed by atoms with Crippen molar-refractivity contribution < 1.29 is 19.5 Å². The number of halogens is 1. The number of amides is 3. The minimum absolute atomic E-state index is 0.0364. The number of aliphatic hydroxyl groups excluding tert-OH is 1. The molecule has 40 heavy (non-hydrogen) atoms. The Bertz CT molecular complexity index is 1210. The lowest BCUT2D eigenvalue weighted by Gasteiger charge is -2.37. The van der Waals surface area contributed by atoms with Crippen LogP contribution < -0.4 is 16.4 Å². The zero-order valence-corrected chi connectivity index (χ0v) is 23.8. The van der Waals surface area contributed by atoms with E-state index in [1.165, 1.54) is 0 Å². The molecular weight excluding hydrogens is 530 g/mol. The van der Waals surface area contributed by atoms with Gasteiger partial charge in [-0.1, -0.05) is 35.9 Å². The van der Waals surface area contributed by atoms with Crippen LogP contribution in [0.1, 0.15) is 48.8 Å². The highest BCUT2D eigenvalue weighted by atomic mass is 35.5. The fourth-order valence-electron chi connectivity index (χ4n) is 5.50. The van der Waals surface area contributed by atoms with Gasteiger partial charge in [-0.3, -0.25) is 19.3 Å². The molecule has 2 aliphatic rings. The van der Waals surface area contributed by atoms with Crippen molar-refractivity contribution in [3.8, 4) is 0 Å². The molecule has 1 fully saturated rings. The third-order valence-corrected chi connectivity index (χ3v) is 8.17. The molecule has 2 heterocycles. The largest absolute Gasteiger partial charge is 0.391 e. The molecule has 216 valence electrons. The van der Waals surface area contributed by atoms with Gasteiger partial charge in [0.2, 0.25) is 17.7 Å². The van der Waals surface area contributed by atoms with Crippen LogP contribution in [0, 0.1) is 6.92 Å². The van der Waals surface area contributed by atoms with Crippen molar-refractivity contribution in [3.63, 3.8) is 0 Å². The Morgan fingerprint density at radius 2 is 1.95 bits per heavy atom. The minimum Gasteiger partial charge on any atom is -0.391 e. The zero-order valence-electron chi connectivity index (χ0n) is 23.1. The lowest BCUT2D eigenvalue weighted by Crippen LogP contribution is -2.55. The topological polar surface area (TPSA) is 128 Å². The van der Waals surface area contributed by atoms with E-state index in [-0.39, 0.29) is 24.3 Å². The molecule has 1 unspecified atom stereocenters. The number of β-amino-alcohol motifs (C(OH)–C–C–N with tert-alkyl or cyclic N) is 1. The number of nitrogens with one attached hydrogen (secondary N) is 2. The molecule has 3 amide bonds. The lowest BCUT2D eigenvalue weighted by molar-refractivity contribution is -0.134. The summed E-state index contributed by atoms with van der Waals surface area (Å²) in [6.45, 7) is 4.31. The second-order valence-corrected chi connectivity index (χ2v) is 11.2. The molecule has 0 spiro atoms. The molecule has 0 saturated carbocycles. The van der Waals surface area contributed by atoms with E-state index < -0.39 is 18.2 Å². The number of hydrogen-bond donors (Lipinski definition) is 4. The van der Waals surface area contributed by atoms with E-state index in [1.54, 1.807) is 23.1 Å². The van der Waals surface area contributed by atoms with Crippen molar-refractivity contribution in [2.45, 2.75) is 70.2 Å². The number of likely N-dealkylation sites (tertiary alicyclic amines) is 1. The molecule has 10 heteroatoms. The molecule has 5 N–H and O–H groups in total. The third kappa shape index (κ3) is 7.81. The van der Waals surface area contributed by atoms with Gasteiger partial charge < -0.3 is 26.4 Å². The van der Waals surface area contributed by atoms with Crippen molar-refractivity contribution in [2.24, 2.45) is 5.73 Å². The third-order valence-electron chi connectivity index (χ3n) is 7.75. The quantitative estimate of drug-likeness (QED) is 0.348. The van der Waals surface area contributed by atoms with Crippen LogP contribution in [-0.4, -0.2) is 77.0 Å². The van der Waals surface area contributed by atoms with Gasteiger partial charge in [-0.2, -0.15) is 0 Å². The van der Waals surface area contributed by atoms with Crippen LogP contribution >= 0.6 is 11.6 Å². The Morgan fingerprint density at radius 3 is 2.67 bits per heavy atom. The second kappa shape index (κ2) is 14.1. The number of aryl methyl sites for hydroxylation is 1. The normalized spacial score (nSPS) is 19.9. The van der Waals surface area contributed by atoms with Crippen LogP contribution in [0.4, 0.5) is 5.69 Å². The highest BCUT2D eigenvalue weighted by Crippen LogP contribution is 2.25. The summed E-state index contributed by atoms with van der Waals surface area (Å²) in [5, 5.41) is 16.3. The number of rotatable bonds is 10. The van der Waals surface area contributed by atoms with E-state index in [2.05, 4.69) is 21.6 Å². The zero-order chi connectivity index (χ0) is 28.6. The van der Waals surface area contributed by atoms with Gasteiger partial charge in [0, 0.05) is 36.8 Å². The summed E-state index contributed by atoms with van der Waals surface area (Å²) < 4.78 is 0. The Labute approximate surface area is 241 Å². The van der Waals surface area contributed by atoms with E-state index in [0.29, 0.717) is 62.6 Å². The summed E-state index contributed by atoms with van der Waals surface area (Å²) in [6, 6.07) is 12.0. The summed E-state index contributed by atoms with van der Waals surface area (Å²) in [5.74, 6) is -0.534. The summed E-state index contributed by atoms with van der Waals surface area (Å²) >= 11 is 6.11. The highest BCUT2D eigenvalue weighted by molar-refractivity contribution is 6.31. The van der Waals surface area contributed by atoms with Crippen molar-refractivity contribution in [1.29, 1.82) is 0 Å². The number of nitrogens with zero attached hydrogens (tertiary/aromatic N) is 2. The molecule has 0 bridgehead atoms. The van der Waals surface area contributed by atoms with Crippen LogP contribution in [-0.2, 0) is 27.3 Å². The number of carbonyl (C=O) groups is 3. The van der Waals surface area contributed by atoms with Crippen molar-refractivity contribution in [2.75, 3.05) is 31.5 Å². The first-order valence-corrected chi connectivity index (χ1v) is 14.5. The molecule has 4 rings (SSSR count). The van der Waals surface area contributed by atoms with Gasteiger partial charge in [0.05, 0.1) is 12.1 Å². The van der Waals surface area contributed by atoms with Gasteiger partial charge in [-0.05, 0) is 87.0 Å². The van der Waals surface area contributed by atoms with Crippen LogP contribution in [0.15, 0.2) is 42.5 Å². The van der Waals surface area contributed by atoms with E-state index >= 15 is 0 Å². The van der Waals surface area contributed by atoms with Crippen molar-refractivity contribution in [3.05, 3.63) is 64.2 Å². The molecule has 3 atom stereocenters. The van der Waals surface area contributed by atoms with Crippen LogP contribution in [0.5, 0.6) is 0 Å². The van der Waals surface area contributed by atoms with E-state index in [4.69, 9.17) is 17.3 Å². The predicted octanol–water partition coefficient (Wildman–Crippen LogP) is 2.61. The maximum atomic E-state index is 13.6. The molecule has 2 aliphatic heterocycles. The SMILES string of the molecule is Cc1cc(NC(=O)[C@H](CCN)NC(=O)[C@@H]2Cc3ccccc3CN2CCCC(=O)N2CCCC(O)C2)ccc1Cl. The monoisotopic (exact) mass is 569 g/mol. The van der Waals surface area contributed by atoms with Gasteiger partial charge in [0.15, 0.2) is 0 Å². The predicted molar refractivity (Wildman–Crippen MR) is 156 cm³/mol. The average molecular weight is 570 g/mol. The Hall–Kier alpha value is -2.98. The lowest BCUT2D eigenvalue weighted by atomic mass is 9.93. The minimum atomic E-state index is -0.792. The first-order chi connectivity index (χ1) is 19.2. The van der Waals surface area contributed by atoms with Crippen LogP contribution in [0.2, 0.25) is 5.02 Å². The average Bonchev–Trinajstić information content (AvgIpc) is 2.94. The number of nitrogens with two attached hydrogens (primary N) is 1.